The van der Waals surface area contributed by atoms with Crippen molar-refractivity contribution in [2.45, 2.75) is 37.8 Å². The Kier molecular flexibility index (Phi) is 3.63. The number of thiazole rings is 1. The van der Waals surface area contributed by atoms with E-state index in [1.54, 1.807) is 17.3 Å². The quantitative estimate of drug-likeness (QED) is 0.816. The summed E-state index contributed by atoms with van der Waals surface area (Å²) in [5.41, 5.74) is 1.11. The number of fused-ring (bicyclic) bond motifs is 1. The molecular weight excluding hydrogens is 350 g/mol. The predicted octanol–water partition coefficient (Wildman–Crippen LogP) is 3.04. The van der Waals surface area contributed by atoms with Gasteiger partial charge in [-0.2, -0.15) is 0 Å². The first kappa shape index (κ1) is 15.7. The van der Waals surface area contributed by atoms with Crippen LogP contribution in [0.4, 0.5) is 5.13 Å². The van der Waals surface area contributed by atoms with Crippen molar-refractivity contribution < 1.29 is 14.3 Å². The molecule has 6 nitrogen and oxygen atoms in total. The molecule has 2 aromatic heterocycles. The van der Waals surface area contributed by atoms with Gasteiger partial charge in [0.1, 0.15) is 12.1 Å². The van der Waals surface area contributed by atoms with Crippen LogP contribution in [0.3, 0.4) is 0 Å². The van der Waals surface area contributed by atoms with Crippen LogP contribution in [0.5, 0.6) is 0 Å². The fraction of sp³-hybridized carbons (Fsp3) is 0.368. The van der Waals surface area contributed by atoms with Crippen molar-refractivity contribution in [1.29, 1.82) is 0 Å². The number of rotatable bonds is 2. The molecule has 0 aromatic carbocycles. The Hall–Kier alpha value is -2.54. The summed E-state index contributed by atoms with van der Waals surface area (Å²) in [6, 6.07) is 4.96. The molecular formula is C19H17N3O3S. The van der Waals surface area contributed by atoms with Gasteiger partial charge in [0.2, 0.25) is 0 Å². The van der Waals surface area contributed by atoms with Gasteiger partial charge in [0.25, 0.3) is 5.91 Å². The van der Waals surface area contributed by atoms with Gasteiger partial charge in [-0.15, -0.1) is 11.3 Å². The zero-order valence-corrected chi connectivity index (χ0v) is 14.8. The van der Waals surface area contributed by atoms with Crippen molar-refractivity contribution in [1.82, 2.24) is 9.97 Å². The van der Waals surface area contributed by atoms with Gasteiger partial charge in [0.15, 0.2) is 16.7 Å². The van der Waals surface area contributed by atoms with Crippen LogP contribution in [0, 0.1) is 5.92 Å². The van der Waals surface area contributed by atoms with Gasteiger partial charge in [0, 0.05) is 17.8 Å². The lowest BCUT2D eigenvalue weighted by molar-refractivity contribution is -0.131. The third kappa shape index (κ3) is 2.23. The number of anilines is 1. The lowest BCUT2D eigenvalue weighted by Gasteiger charge is -2.35. The Morgan fingerprint density at radius 2 is 2.00 bits per heavy atom. The molecule has 1 fully saturated rings. The van der Waals surface area contributed by atoms with E-state index in [9.17, 15) is 9.59 Å². The zero-order chi connectivity index (χ0) is 17.7. The molecule has 3 aliphatic rings. The Balaban J connectivity index is 1.66. The van der Waals surface area contributed by atoms with Crippen LogP contribution in [0.25, 0.3) is 0 Å². The van der Waals surface area contributed by atoms with Crippen LogP contribution >= 0.6 is 11.3 Å². The van der Waals surface area contributed by atoms with E-state index >= 15 is 0 Å². The molecule has 1 aliphatic carbocycles. The molecule has 5 rings (SSSR count). The van der Waals surface area contributed by atoms with E-state index in [0.717, 1.165) is 25.7 Å². The van der Waals surface area contributed by atoms with Crippen LogP contribution in [0.15, 0.2) is 47.3 Å². The van der Waals surface area contributed by atoms with Crippen molar-refractivity contribution in [3.05, 3.63) is 53.0 Å². The topological polar surface area (TPSA) is 72.4 Å². The normalized spacial score (nSPS) is 28.0. The summed E-state index contributed by atoms with van der Waals surface area (Å²) < 4.78 is 6.09. The minimum atomic E-state index is -0.569. The van der Waals surface area contributed by atoms with Crippen molar-refractivity contribution in [2.24, 2.45) is 5.92 Å². The molecule has 0 spiro atoms. The highest BCUT2D eigenvalue weighted by molar-refractivity contribution is 7.13. The molecule has 0 N–H and O–H groups in total. The first-order chi connectivity index (χ1) is 12.8. The maximum atomic E-state index is 13.3. The molecule has 0 bridgehead atoms. The van der Waals surface area contributed by atoms with Gasteiger partial charge >= 0.3 is 0 Å². The Bertz CT molecular complexity index is 894. The summed E-state index contributed by atoms with van der Waals surface area (Å²) in [5.74, 6) is -0.205. The number of Topliss-reactive ketones (excluding diaryl/α,β-unsaturated/α-hetero) is 1. The van der Waals surface area contributed by atoms with Gasteiger partial charge in [0.05, 0.1) is 17.2 Å². The van der Waals surface area contributed by atoms with E-state index in [-0.39, 0.29) is 29.5 Å². The number of carbonyl (C=O) groups excluding carboxylic acids is 2. The van der Waals surface area contributed by atoms with E-state index in [4.69, 9.17) is 4.74 Å². The van der Waals surface area contributed by atoms with Gasteiger partial charge < -0.3 is 4.74 Å². The van der Waals surface area contributed by atoms with Crippen LogP contribution in [0.1, 0.15) is 37.4 Å². The van der Waals surface area contributed by atoms with Gasteiger partial charge in [-0.05, 0) is 31.4 Å². The van der Waals surface area contributed by atoms with Crippen molar-refractivity contribution in [2.75, 3.05) is 4.90 Å². The van der Waals surface area contributed by atoms with E-state index in [2.05, 4.69) is 9.97 Å². The molecule has 0 saturated heterocycles. The fourth-order valence-electron chi connectivity index (χ4n) is 4.19. The highest BCUT2D eigenvalue weighted by Crippen LogP contribution is 2.48. The number of ether oxygens (including phenoxy) is 1. The first-order valence-corrected chi connectivity index (χ1v) is 9.72. The number of ketones is 1. The summed E-state index contributed by atoms with van der Waals surface area (Å²) in [4.78, 5) is 36.8. The molecule has 2 aliphatic heterocycles. The van der Waals surface area contributed by atoms with Crippen LogP contribution in [-0.2, 0) is 14.3 Å². The molecule has 2 aromatic rings. The second kappa shape index (κ2) is 6.02. The second-order valence-corrected chi connectivity index (χ2v) is 7.67. The van der Waals surface area contributed by atoms with Crippen molar-refractivity contribution >= 4 is 28.2 Å². The van der Waals surface area contributed by atoms with Gasteiger partial charge in [-0.3, -0.25) is 19.5 Å². The predicted molar refractivity (Wildman–Crippen MR) is 95.4 cm³/mol. The molecule has 132 valence electrons. The lowest BCUT2D eigenvalue weighted by Crippen LogP contribution is -2.39. The van der Waals surface area contributed by atoms with Crippen molar-refractivity contribution in [3.63, 3.8) is 0 Å². The zero-order valence-electron chi connectivity index (χ0n) is 14.0. The molecule has 3 unspecified atom stereocenters. The summed E-state index contributed by atoms with van der Waals surface area (Å²) in [7, 11) is 0. The number of hydrogen-bond donors (Lipinski definition) is 0. The molecule has 7 heteroatoms. The number of aromatic nitrogens is 2. The molecule has 0 radical (unpaired) electrons. The third-order valence-corrected chi connectivity index (χ3v) is 6.13. The largest absolute Gasteiger partial charge is 0.483 e. The molecule has 3 atom stereocenters. The summed E-state index contributed by atoms with van der Waals surface area (Å²) >= 11 is 1.37. The summed E-state index contributed by atoms with van der Waals surface area (Å²) in [5, 5.41) is 2.37. The Morgan fingerprint density at radius 1 is 1.12 bits per heavy atom. The number of hydrogen-bond acceptors (Lipinski definition) is 6. The number of amides is 1. The maximum Gasteiger partial charge on any atom is 0.296 e. The SMILES string of the molecule is O=C1C2=C(OC3CCCCC13)C(=O)N(c1nccs1)C2c1ccccn1. The summed E-state index contributed by atoms with van der Waals surface area (Å²) in [6.45, 7) is 0. The first-order valence-electron chi connectivity index (χ1n) is 8.84. The monoisotopic (exact) mass is 367 g/mol. The average Bonchev–Trinajstić information content (AvgIpc) is 3.30. The Labute approximate surface area is 154 Å². The molecule has 4 heterocycles. The lowest BCUT2D eigenvalue weighted by atomic mass is 9.78. The average molecular weight is 367 g/mol. The minimum Gasteiger partial charge on any atom is -0.483 e. The van der Waals surface area contributed by atoms with Crippen LogP contribution in [-0.4, -0.2) is 27.8 Å². The van der Waals surface area contributed by atoms with Gasteiger partial charge in [-0.1, -0.05) is 12.5 Å². The molecule has 26 heavy (non-hydrogen) atoms. The van der Waals surface area contributed by atoms with Gasteiger partial charge in [-0.25, -0.2) is 4.98 Å². The Morgan fingerprint density at radius 3 is 2.77 bits per heavy atom. The standard InChI is InChI=1S/C19H17N3O3S/c23-16-11-5-1-2-7-13(11)25-17-14(16)15(12-6-3-4-8-20-12)22(18(17)24)19-21-9-10-26-19/h3-4,6,8-11,13,15H,1-2,5,7H2. The third-order valence-electron chi connectivity index (χ3n) is 5.36. The number of carbonyl (C=O) groups is 2. The van der Waals surface area contributed by atoms with E-state index in [1.807, 2.05) is 23.6 Å². The van der Waals surface area contributed by atoms with Crippen molar-refractivity contribution in [3.8, 4) is 0 Å². The van der Waals surface area contributed by atoms with E-state index < -0.39 is 6.04 Å². The second-order valence-electron chi connectivity index (χ2n) is 6.80. The summed E-state index contributed by atoms with van der Waals surface area (Å²) in [6.07, 6.45) is 6.85. The van der Waals surface area contributed by atoms with E-state index in [0.29, 0.717) is 16.4 Å². The van der Waals surface area contributed by atoms with Crippen LogP contribution < -0.4 is 4.90 Å². The van der Waals surface area contributed by atoms with E-state index in [1.165, 1.54) is 11.3 Å². The number of nitrogens with zero attached hydrogens (tertiary/aromatic N) is 3. The van der Waals surface area contributed by atoms with Crippen LogP contribution in [0.2, 0.25) is 0 Å². The fourth-order valence-corrected chi connectivity index (χ4v) is 4.86. The minimum absolute atomic E-state index is 0.0407. The molecule has 1 amide bonds. The molecule has 1 saturated carbocycles. The highest BCUT2D eigenvalue weighted by Gasteiger charge is 2.53. The maximum absolute atomic E-state index is 13.3. The number of pyridine rings is 1. The smallest absolute Gasteiger partial charge is 0.296 e. The highest BCUT2D eigenvalue weighted by atomic mass is 32.1.